The number of allylic oxidation sites excluding steroid dienone is 4. The summed E-state index contributed by atoms with van der Waals surface area (Å²) in [6.07, 6.45) is 0.592. The van der Waals surface area contributed by atoms with Gasteiger partial charge in [-0.25, -0.2) is 0 Å². The molecule has 0 aromatic heterocycles. The first kappa shape index (κ1) is 10.9. The molecule has 0 spiro atoms. The first-order valence-electron chi connectivity index (χ1n) is 3.98. The van der Waals surface area contributed by atoms with Crippen LogP contribution in [-0.2, 0) is 0 Å². The summed E-state index contributed by atoms with van der Waals surface area (Å²) < 4.78 is 37.9. The largest absolute Gasteiger partial charge is 0.421 e. The van der Waals surface area contributed by atoms with Crippen LogP contribution in [0.4, 0.5) is 13.2 Å². The van der Waals surface area contributed by atoms with Crippen LogP contribution in [0.3, 0.4) is 0 Å². The molecule has 74 valence electrons. The minimum Gasteiger partial charge on any atom is -0.166 e. The molecule has 0 radical (unpaired) electrons. The fourth-order valence-corrected chi connectivity index (χ4v) is 2.96. The molecule has 13 heavy (non-hydrogen) atoms. The van der Waals surface area contributed by atoms with Gasteiger partial charge in [-0.15, -0.1) is 0 Å². The minimum atomic E-state index is -4.11. The van der Waals surface area contributed by atoms with Crippen molar-refractivity contribution >= 4 is 24.7 Å². The molecule has 0 N–H and O–H groups in total. The standard InChI is InChI=1S/C9H10F3I/c1-2-3-7-4-5-8(13-6-7)9(10,11)12/h4-6H,2-3H2,1H3. The number of rotatable bonds is 2. The van der Waals surface area contributed by atoms with Crippen molar-refractivity contribution in [1.29, 1.82) is 0 Å². The zero-order valence-electron chi connectivity index (χ0n) is 7.16. The zero-order valence-corrected chi connectivity index (χ0v) is 9.32. The second kappa shape index (κ2) is 4.39. The Hall–Kier alpha value is -0.130. The van der Waals surface area contributed by atoms with Crippen molar-refractivity contribution in [3.8, 4) is 0 Å². The molecule has 0 unspecified atom stereocenters. The molecule has 0 saturated heterocycles. The van der Waals surface area contributed by atoms with E-state index in [-0.39, 0.29) is 3.58 Å². The Morgan fingerprint density at radius 3 is 2.38 bits per heavy atom. The fourth-order valence-electron chi connectivity index (χ4n) is 0.965. The second-order valence-electron chi connectivity index (χ2n) is 2.72. The molecule has 0 aliphatic carbocycles. The Bertz CT molecular complexity index is 271. The maximum atomic E-state index is 12.2. The van der Waals surface area contributed by atoms with E-state index in [0.29, 0.717) is 0 Å². The number of halogens is 4. The Morgan fingerprint density at radius 1 is 1.31 bits per heavy atom. The highest BCUT2D eigenvalue weighted by atomic mass is 127. The van der Waals surface area contributed by atoms with Crippen molar-refractivity contribution in [1.82, 2.24) is 0 Å². The number of hydrogen-bond acceptors (Lipinski definition) is 0. The molecule has 0 fully saturated rings. The summed E-state index contributed by atoms with van der Waals surface area (Å²) in [4.78, 5) is 0. The monoisotopic (exact) mass is 302 g/mol. The van der Waals surface area contributed by atoms with Gasteiger partial charge in [-0.2, -0.15) is 13.2 Å². The van der Waals surface area contributed by atoms with Crippen molar-refractivity contribution in [3.05, 3.63) is 21.3 Å². The molecule has 0 aromatic rings. The van der Waals surface area contributed by atoms with Gasteiger partial charge in [-0.3, -0.25) is 0 Å². The summed E-state index contributed by atoms with van der Waals surface area (Å²) in [5.41, 5.74) is 1.06. The van der Waals surface area contributed by atoms with Crippen LogP contribution in [0.1, 0.15) is 19.8 Å². The van der Waals surface area contributed by atoms with E-state index in [2.05, 4.69) is 0 Å². The summed E-state index contributed by atoms with van der Waals surface area (Å²) in [6, 6.07) is 0. The van der Waals surface area contributed by atoms with E-state index < -0.39 is 26.9 Å². The van der Waals surface area contributed by atoms with E-state index >= 15 is 0 Å². The van der Waals surface area contributed by atoms with Crippen molar-refractivity contribution < 1.29 is 13.2 Å². The van der Waals surface area contributed by atoms with E-state index in [1.54, 1.807) is 10.1 Å². The quantitative estimate of drug-likeness (QED) is 0.678. The highest BCUT2D eigenvalue weighted by Crippen LogP contribution is 2.36. The van der Waals surface area contributed by atoms with Gasteiger partial charge in [0.2, 0.25) is 0 Å². The van der Waals surface area contributed by atoms with Crippen LogP contribution in [0.25, 0.3) is 0 Å². The molecule has 1 heterocycles. The number of alkyl halides is 3. The topological polar surface area (TPSA) is 0 Å². The van der Waals surface area contributed by atoms with Crippen molar-refractivity contribution in [2.75, 3.05) is 0 Å². The third-order valence-electron chi connectivity index (χ3n) is 1.57. The fraction of sp³-hybridized carbons (Fsp3) is 0.444. The van der Waals surface area contributed by atoms with Crippen LogP contribution in [0.15, 0.2) is 21.3 Å². The van der Waals surface area contributed by atoms with Crippen molar-refractivity contribution in [2.45, 2.75) is 25.9 Å². The maximum Gasteiger partial charge on any atom is 0.421 e. The molecule has 0 nitrogen and oxygen atoms in total. The van der Waals surface area contributed by atoms with E-state index in [1.165, 1.54) is 6.08 Å². The van der Waals surface area contributed by atoms with Gasteiger partial charge in [0, 0.05) is 0 Å². The smallest absolute Gasteiger partial charge is 0.166 e. The molecule has 1 rings (SSSR count). The van der Waals surface area contributed by atoms with Crippen LogP contribution < -0.4 is 0 Å². The number of hydrogen-bond donors (Lipinski definition) is 0. The minimum absolute atomic E-state index is 0.342. The Kier molecular flexibility index (Phi) is 3.70. The lowest BCUT2D eigenvalue weighted by Gasteiger charge is -2.09. The highest BCUT2D eigenvalue weighted by Gasteiger charge is 2.32. The van der Waals surface area contributed by atoms with Crippen LogP contribution in [0.5, 0.6) is 0 Å². The Balaban J connectivity index is 2.74. The van der Waals surface area contributed by atoms with Crippen molar-refractivity contribution in [2.24, 2.45) is 0 Å². The molecule has 4 heteroatoms. The predicted octanol–water partition coefficient (Wildman–Crippen LogP) is 3.95. The van der Waals surface area contributed by atoms with E-state index in [4.69, 9.17) is 0 Å². The molecule has 0 bridgehead atoms. The lowest BCUT2D eigenvalue weighted by atomic mass is 10.1. The van der Waals surface area contributed by atoms with E-state index in [9.17, 15) is 13.2 Å². The van der Waals surface area contributed by atoms with Crippen LogP contribution in [-0.4, -0.2) is 10.2 Å². The SMILES string of the molecule is CCCC1=CC=C(C(F)(F)F)I=C1. The summed E-state index contributed by atoms with van der Waals surface area (Å²) in [6.45, 7) is 2.02. The van der Waals surface area contributed by atoms with Gasteiger partial charge < -0.3 is 0 Å². The average Bonchev–Trinajstić information content (AvgIpc) is 2.04. The van der Waals surface area contributed by atoms with Gasteiger partial charge in [-0.05, 0) is 22.1 Å². The summed E-state index contributed by atoms with van der Waals surface area (Å²) in [5.74, 6) is 0. The molecule has 0 amide bonds. The first-order chi connectivity index (χ1) is 6.04. The maximum absolute atomic E-state index is 12.2. The molecule has 1 aliphatic heterocycles. The van der Waals surface area contributed by atoms with Gasteiger partial charge in [0.1, 0.15) is 0 Å². The molecule has 0 saturated carbocycles. The average molecular weight is 302 g/mol. The summed E-state index contributed by atoms with van der Waals surface area (Å²) in [5, 5.41) is 0. The third kappa shape index (κ3) is 3.25. The molecule has 0 atom stereocenters. The van der Waals surface area contributed by atoms with E-state index in [0.717, 1.165) is 18.4 Å². The van der Waals surface area contributed by atoms with Crippen LogP contribution in [0.2, 0.25) is 0 Å². The summed E-state index contributed by atoms with van der Waals surface area (Å²) >= 11 is -0.951. The van der Waals surface area contributed by atoms with Crippen LogP contribution >= 0.6 is 20.7 Å². The normalized spacial score (nSPS) is 17.5. The van der Waals surface area contributed by atoms with E-state index in [1.807, 2.05) is 6.92 Å². The van der Waals surface area contributed by atoms with Gasteiger partial charge in [-0.1, -0.05) is 40.2 Å². The van der Waals surface area contributed by atoms with Gasteiger partial charge >= 0.3 is 6.18 Å². The predicted molar refractivity (Wildman–Crippen MR) is 57.2 cm³/mol. The second-order valence-corrected chi connectivity index (χ2v) is 5.13. The Labute approximate surface area is 85.3 Å². The van der Waals surface area contributed by atoms with Crippen molar-refractivity contribution in [3.63, 3.8) is 0 Å². The van der Waals surface area contributed by atoms with Gasteiger partial charge in [0.15, 0.2) is 0 Å². The zero-order chi connectivity index (χ0) is 9.90. The third-order valence-corrected chi connectivity index (χ3v) is 4.32. The molecule has 0 aromatic carbocycles. The highest BCUT2D eigenvalue weighted by molar-refractivity contribution is 14.2. The lowest BCUT2D eigenvalue weighted by molar-refractivity contribution is -0.0817. The molecular weight excluding hydrogens is 292 g/mol. The molecule has 1 aliphatic rings. The Morgan fingerprint density at radius 2 is 2.00 bits per heavy atom. The molecular formula is C9H10F3I. The van der Waals surface area contributed by atoms with Crippen LogP contribution in [0, 0.1) is 0 Å². The first-order valence-corrected chi connectivity index (χ1v) is 6.31. The summed E-state index contributed by atoms with van der Waals surface area (Å²) in [7, 11) is 0. The van der Waals surface area contributed by atoms with Gasteiger partial charge in [0.05, 0.1) is 3.58 Å². The van der Waals surface area contributed by atoms with Gasteiger partial charge in [0.25, 0.3) is 0 Å². The lowest BCUT2D eigenvalue weighted by Crippen LogP contribution is -2.08.